The number of nitrogens with zero attached hydrogens (tertiary/aromatic N) is 1. The van der Waals surface area contributed by atoms with Crippen molar-refractivity contribution in [3.05, 3.63) is 120 Å². The number of nitrogens with one attached hydrogen (secondary N) is 2. The van der Waals surface area contributed by atoms with Gasteiger partial charge in [0.05, 0.1) is 12.8 Å². The summed E-state index contributed by atoms with van der Waals surface area (Å²) in [4.78, 5) is 36.5. The first kappa shape index (κ1) is 24.1. The van der Waals surface area contributed by atoms with Crippen molar-refractivity contribution in [2.45, 2.75) is 0 Å². The van der Waals surface area contributed by atoms with Gasteiger partial charge in [-0.3, -0.25) is 9.59 Å². The van der Waals surface area contributed by atoms with E-state index in [1.54, 1.807) is 42.5 Å². The smallest absolute Gasteiger partial charge is 0.336 e. The molecule has 0 atom stereocenters. The largest absolute Gasteiger partial charge is 0.423 e. The summed E-state index contributed by atoms with van der Waals surface area (Å²) < 4.78 is 5.27. The first-order valence-electron chi connectivity index (χ1n) is 11.2. The number of hydrogen-bond donors (Lipinski definition) is 2. The Morgan fingerprint density at radius 3 is 2.31 bits per heavy atom. The van der Waals surface area contributed by atoms with Crippen LogP contribution in [0.4, 0.5) is 0 Å². The van der Waals surface area contributed by atoms with Crippen molar-refractivity contribution in [1.29, 1.82) is 0 Å². The second-order valence-corrected chi connectivity index (χ2v) is 7.74. The van der Waals surface area contributed by atoms with E-state index in [-0.39, 0.29) is 12.5 Å². The minimum absolute atomic E-state index is 0.217. The van der Waals surface area contributed by atoms with Crippen molar-refractivity contribution in [1.82, 2.24) is 10.7 Å². The van der Waals surface area contributed by atoms with E-state index < -0.39 is 11.9 Å². The number of benzene rings is 4. The van der Waals surface area contributed by atoms with Crippen LogP contribution in [-0.4, -0.2) is 30.5 Å². The summed E-state index contributed by atoms with van der Waals surface area (Å²) in [6.45, 7) is -0.217. The summed E-state index contributed by atoms with van der Waals surface area (Å²) in [6.07, 6.45) is 4.49. The van der Waals surface area contributed by atoms with Gasteiger partial charge in [0.1, 0.15) is 5.75 Å². The topological polar surface area (TPSA) is 96.9 Å². The molecule has 0 aliphatic carbocycles. The van der Waals surface area contributed by atoms with Crippen LogP contribution >= 0.6 is 0 Å². The zero-order valence-corrected chi connectivity index (χ0v) is 19.3. The molecular weight excluding hydrogens is 454 g/mol. The van der Waals surface area contributed by atoms with Crippen LogP contribution in [0.15, 0.2) is 108 Å². The van der Waals surface area contributed by atoms with Gasteiger partial charge in [0, 0.05) is 11.6 Å². The number of hydrogen-bond acceptors (Lipinski definition) is 5. The third-order valence-corrected chi connectivity index (χ3v) is 5.16. The quantitative estimate of drug-likeness (QED) is 0.130. The molecule has 4 aromatic rings. The van der Waals surface area contributed by atoms with E-state index in [9.17, 15) is 14.4 Å². The molecule has 0 bridgehead atoms. The molecule has 0 radical (unpaired) electrons. The van der Waals surface area contributed by atoms with Crippen LogP contribution in [0.25, 0.3) is 16.8 Å². The van der Waals surface area contributed by atoms with Crippen LogP contribution in [0.3, 0.4) is 0 Å². The average molecular weight is 478 g/mol. The van der Waals surface area contributed by atoms with Crippen molar-refractivity contribution in [3.63, 3.8) is 0 Å². The Morgan fingerprint density at radius 1 is 0.778 bits per heavy atom. The minimum atomic E-state index is -0.488. The zero-order chi connectivity index (χ0) is 25.2. The van der Waals surface area contributed by atoms with Crippen molar-refractivity contribution in [3.8, 4) is 5.75 Å². The molecule has 0 fully saturated rings. The highest BCUT2D eigenvalue weighted by molar-refractivity contribution is 6.07. The van der Waals surface area contributed by atoms with E-state index >= 15 is 0 Å². The summed E-state index contributed by atoms with van der Waals surface area (Å²) in [6, 6.07) is 29.1. The molecule has 4 rings (SSSR count). The number of carbonyl (C=O) groups excluding carboxylic acids is 3. The Labute approximate surface area is 208 Å². The number of amides is 2. The lowest BCUT2D eigenvalue weighted by Gasteiger charge is -2.07. The molecule has 0 unspecified atom stereocenters. The maximum atomic E-state index is 12.5. The van der Waals surface area contributed by atoms with Gasteiger partial charge in [-0.1, -0.05) is 66.7 Å². The van der Waals surface area contributed by atoms with E-state index in [0.717, 1.165) is 16.3 Å². The highest BCUT2D eigenvalue weighted by Crippen LogP contribution is 2.18. The third kappa shape index (κ3) is 6.74. The molecule has 4 aromatic carbocycles. The van der Waals surface area contributed by atoms with E-state index in [4.69, 9.17) is 4.74 Å². The van der Waals surface area contributed by atoms with E-state index in [0.29, 0.717) is 16.9 Å². The summed E-state index contributed by atoms with van der Waals surface area (Å²) in [7, 11) is 0. The van der Waals surface area contributed by atoms with E-state index in [1.807, 2.05) is 60.7 Å². The van der Waals surface area contributed by atoms with Gasteiger partial charge in [-0.05, 0) is 58.3 Å². The van der Waals surface area contributed by atoms with Crippen LogP contribution in [0.1, 0.15) is 21.5 Å². The van der Waals surface area contributed by atoms with Crippen LogP contribution in [-0.2, 0) is 9.59 Å². The maximum absolute atomic E-state index is 12.5. The van der Waals surface area contributed by atoms with Gasteiger partial charge in [0.25, 0.3) is 11.8 Å². The Morgan fingerprint density at radius 2 is 1.50 bits per heavy atom. The molecule has 0 spiro atoms. The highest BCUT2D eigenvalue weighted by Gasteiger charge is 2.10. The second-order valence-electron chi connectivity index (χ2n) is 7.74. The van der Waals surface area contributed by atoms with Gasteiger partial charge in [-0.15, -0.1) is 0 Å². The molecular formula is C29H23N3O4. The fraction of sp³-hybridized carbons (Fsp3) is 0.0345. The molecule has 0 saturated heterocycles. The van der Waals surface area contributed by atoms with Gasteiger partial charge < -0.3 is 10.1 Å². The number of rotatable bonds is 8. The summed E-state index contributed by atoms with van der Waals surface area (Å²) in [5.74, 6) is -0.904. The van der Waals surface area contributed by atoms with Gasteiger partial charge in [0.15, 0.2) is 0 Å². The normalized spacial score (nSPS) is 11.0. The summed E-state index contributed by atoms with van der Waals surface area (Å²) in [5, 5.41) is 8.27. The number of esters is 1. The lowest BCUT2D eigenvalue weighted by molar-refractivity contribution is -0.129. The molecule has 0 saturated carbocycles. The number of ether oxygens (including phenoxy) is 1. The van der Waals surface area contributed by atoms with E-state index in [1.165, 1.54) is 12.3 Å². The fourth-order valence-corrected chi connectivity index (χ4v) is 3.40. The molecule has 0 aliphatic rings. The molecule has 178 valence electrons. The van der Waals surface area contributed by atoms with Crippen molar-refractivity contribution >= 4 is 40.8 Å². The van der Waals surface area contributed by atoms with Gasteiger partial charge >= 0.3 is 5.97 Å². The third-order valence-electron chi connectivity index (χ3n) is 5.16. The molecule has 0 heterocycles. The van der Waals surface area contributed by atoms with Crippen LogP contribution < -0.4 is 15.5 Å². The van der Waals surface area contributed by atoms with Gasteiger partial charge in [0.2, 0.25) is 0 Å². The predicted octanol–water partition coefficient (Wildman–Crippen LogP) is 4.34. The molecule has 0 aromatic heterocycles. The van der Waals surface area contributed by atoms with Crippen LogP contribution in [0, 0.1) is 0 Å². The number of fused-ring (bicyclic) bond motifs is 1. The van der Waals surface area contributed by atoms with Crippen LogP contribution in [0.2, 0.25) is 0 Å². The molecule has 36 heavy (non-hydrogen) atoms. The average Bonchev–Trinajstić information content (AvgIpc) is 2.92. The molecule has 2 amide bonds. The van der Waals surface area contributed by atoms with Gasteiger partial charge in [-0.25, -0.2) is 10.2 Å². The highest BCUT2D eigenvalue weighted by atomic mass is 16.5. The summed E-state index contributed by atoms with van der Waals surface area (Å²) in [5.41, 5.74) is 4.47. The summed E-state index contributed by atoms with van der Waals surface area (Å²) >= 11 is 0. The monoisotopic (exact) mass is 477 g/mol. The Hall–Kier alpha value is -5.04. The lowest BCUT2D eigenvalue weighted by Crippen LogP contribution is -2.35. The minimum Gasteiger partial charge on any atom is -0.423 e. The predicted molar refractivity (Wildman–Crippen MR) is 140 cm³/mol. The first-order chi connectivity index (χ1) is 17.6. The standard InChI is InChI=1S/C29H23N3O4/c33-27(20-30-29(35)26-12-6-10-23-9-4-5-11-25(23)26)32-31-19-22-13-16-24(17-14-22)36-28(34)18-15-21-7-2-1-3-8-21/h1-19H,20H2,(H,30,35)(H,32,33)/b18-15+,31-19-. The molecule has 7 nitrogen and oxygen atoms in total. The first-order valence-corrected chi connectivity index (χ1v) is 11.2. The molecule has 7 heteroatoms. The van der Waals surface area contributed by atoms with Crippen molar-refractivity contribution < 1.29 is 19.1 Å². The fourth-order valence-electron chi connectivity index (χ4n) is 3.40. The number of hydrazone groups is 1. The Kier molecular flexibility index (Phi) is 7.96. The molecule has 2 N–H and O–H groups in total. The number of carbonyl (C=O) groups is 3. The Balaban J connectivity index is 1.23. The van der Waals surface area contributed by atoms with Crippen molar-refractivity contribution in [2.75, 3.05) is 6.54 Å². The molecule has 0 aliphatic heterocycles. The maximum Gasteiger partial charge on any atom is 0.336 e. The Bertz CT molecular complexity index is 1420. The van der Waals surface area contributed by atoms with Crippen molar-refractivity contribution in [2.24, 2.45) is 5.10 Å². The SMILES string of the molecule is O=C(CNC(=O)c1cccc2ccccc12)N/N=C\c1ccc(OC(=O)/C=C/c2ccccc2)cc1. The van der Waals surface area contributed by atoms with E-state index in [2.05, 4.69) is 15.8 Å². The van der Waals surface area contributed by atoms with Crippen LogP contribution in [0.5, 0.6) is 5.75 Å². The lowest BCUT2D eigenvalue weighted by atomic mass is 10.0. The second kappa shape index (κ2) is 11.9. The zero-order valence-electron chi connectivity index (χ0n) is 19.3. The van der Waals surface area contributed by atoms with Gasteiger partial charge in [-0.2, -0.15) is 5.10 Å².